The summed E-state index contributed by atoms with van der Waals surface area (Å²) >= 11 is 1.74. The van der Waals surface area contributed by atoms with E-state index in [4.69, 9.17) is 4.98 Å². The summed E-state index contributed by atoms with van der Waals surface area (Å²) < 4.78 is 1.25. The number of amides is 1. The zero-order valence-corrected chi connectivity index (χ0v) is 20.0. The number of carbonyl (C=O) groups excluding carboxylic acids is 1. The molecule has 1 amide bonds. The molecule has 0 bridgehead atoms. The fourth-order valence-electron chi connectivity index (χ4n) is 5.23. The van der Waals surface area contributed by atoms with Crippen LogP contribution in [0.15, 0.2) is 66.9 Å². The smallest absolute Gasteiger partial charge is 0.253 e. The standard InChI is InChI=1S/C28H28N4OS/c33-28(32-17-12-23(13-18-32)31-15-3-4-16-31)21-9-7-20(8-10-21)27-29-14-11-24(30-27)26-19-22-5-1-2-6-25(22)34-26/h1-2,5-11,14,19,23H,3-4,12-13,15-18H2. The van der Waals surface area contributed by atoms with Crippen molar-refractivity contribution >= 4 is 27.3 Å². The average molecular weight is 469 g/mol. The van der Waals surface area contributed by atoms with Gasteiger partial charge in [0.15, 0.2) is 5.82 Å². The molecule has 0 aliphatic carbocycles. The third-order valence-corrected chi connectivity index (χ3v) is 8.27. The first kappa shape index (κ1) is 21.4. The topological polar surface area (TPSA) is 49.3 Å². The Morgan fingerprint density at radius 2 is 1.68 bits per heavy atom. The minimum Gasteiger partial charge on any atom is -0.339 e. The van der Waals surface area contributed by atoms with Crippen LogP contribution in [0.25, 0.3) is 32.0 Å². The highest BCUT2D eigenvalue weighted by Gasteiger charge is 2.28. The highest BCUT2D eigenvalue weighted by molar-refractivity contribution is 7.22. The van der Waals surface area contributed by atoms with Crippen molar-refractivity contribution in [1.29, 1.82) is 0 Å². The molecule has 6 rings (SSSR count). The molecular formula is C28H28N4OS. The molecule has 2 aromatic carbocycles. The molecule has 5 nitrogen and oxygen atoms in total. The van der Waals surface area contributed by atoms with Crippen molar-refractivity contribution in [3.05, 3.63) is 72.4 Å². The summed E-state index contributed by atoms with van der Waals surface area (Å²) in [6, 6.07) is 20.9. The lowest BCUT2D eigenvalue weighted by Crippen LogP contribution is -2.45. The molecule has 0 unspecified atom stereocenters. The number of rotatable bonds is 4. The molecule has 0 atom stereocenters. The van der Waals surface area contributed by atoms with Crippen LogP contribution in [0.3, 0.4) is 0 Å². The predicted octanol–water partition coefficient (Wildman–Crippen LogP) is 5.73. The monoisotopic (exact) mass is 468 g/mol. The quantitative estimate of drug-likeness (QED) is 0.384. The van der Waals surface area contributed by atoms with Gasteiger partial charge in [-0.3, -0.25) is 4.79 Å². The van der Waals surface area contributed by atoms with E-state index in [1.54, 1.807) is 11.3 Å². The molecule has 2 aliphatic heterocycles. The van der Waals surface area contributed by atoms with Gasteiger partial charge < -0.3 is 9.80 Å². The fraction of sp³-hybridized carbons (Fsp3) is 0.321. The summed E-state index contributed by atoms with van der Waals surface area (Å²) in [5.41, 5.74) is 2.59. The van der Waals surface area contributed by atoms with Gasteiger partial charge in [0, 0.05) is 41.2 Å². The molecule has 0 saturated carbocycles. The van der Waals surface area contributed by atoms with Crippen molar-refractivity contribution in [3.63, 3.8) is 0 Å². The van der Waals surface area contributed by atoms with Gasteiger partial charge in [0.05, 0.1) is 10.6 Å². The maximum atomic E-state index is 13.1. The second kappa shape index (κ2) is 9.28. The number of thiophene rings is 1. The van der Waals surface area contributed by atoms with E-state index in [0.29, 0.717) is 11.9 Å². The minimum atomic E-state index is 0.131. The van der Waals surface area contributed by atoms with E-state index in [1.165, 1.54) is 36.0 Å². The number of hydrogen-bond acceptors (Lipinski definition) is 5. The van der Waals surface area contributed by atoms with Crippen LogP contribution in [0.5, 0.6) is 0 Å². The molecule has 2 aliphatic rings. The molecule has 2 aromatic heterocycles. The van der Waals surface area contributed by atoms with Gasteiger partial charge in [-0.15, -0.1) is 11.3 Å². The third-order valence-electron chi connectivity index (χ3n) is 7.13. The van der Waals surface area contributed by atoms with E-state index in [9.17, 15) is 4.79 Å². The van der Waals surface area contributed by atoms with Crippen LogP contribution in [-0.2, 0) is 0 Å². The molecule has 4 aromatic rings. The van der Waals surface area contributed by atoms with Crippen molar-refractivity contribution in [3.8, 4) is 22.0 Å². The second-order valence-electron chi connectivity index (χ2n) is 9.26. The van der Waals surface area contributed by atoms with E-state index in [0.717, 1.165) is 47.6 Å². The molecule has 172 valence electrons. The van der Waals surface area contributed by atoms with E-state index >= 15 is 0 Å². The van der Waals surface area contributed by atoms with Crippen LogP contribution in [0.1, 0.15) is 36.0 Å². The van der Waals surface area contributed by atoms with E-state index in [-0.39, 0.29) is 5.91 Å². The average Bonchev–Trinajstić information content (AvgIpc) is 3.59. The maximum absolute atomic E-state index is 13.1. The summed E-state index contributed by atoms with van der Waals surface area (Å²) in [6.45, 7) is 4.16. The van der Waals surface area contributed by atoms with Gasteiger partial charge in [-0.25, -0.2) is 9.97 Å². The first-order valence-electron chi connectivity index (χ1n) is 12.2. The van der Waals surface area contributed by atoms with Gasteiger partial charge in [-0.1, -0.05) is 30.3 Å². The largest absolute Gasteiger partial charge is 0.339 e. The Hall–Kier alpha value is -3.09. The van der Waals surface area contributed by atoms with Crippen molar-refractivity contribution < 1.29 is 4.79 Å². The Bertz CT molecular complexity index is 1270. The van der Waals surface area contributed by atoms with Crippen LogP contribution in [-0.4, -0.2) is 57.9 Å². The Morgan fingerprint density at radius 3 is 2.44 bits per heavy atom. The zero-order chi connectivity index (χ0) is 22.9. The minimum absolute atomic E-state index is 0.131. The molecule has 2 fully saturated rings. The van der Waals surface area contributed by atoms with Crippen LogP contribution in [0.2, 0.25) is 0 Å². The SMILES string of the molecule is O=C(c1ccc(-c2nccc(-c3cc4ccccc4s3)n2)cc1)N1CCC(N2CCCC2)CC1. The van der Waals surface area contributed by atoms with Crippen LogP contribution < -0.4 is 0 Å². The molecule has 0 N–H and O–H groups in total. The number of piperidine rings is 1. The number of benzene rings is 2. The van der Waals surface area contributed by atoms with Gasteiger partial charge in [-0.05, 0) is 74.5 Å². The number of aromatic nitrogens is 2. The first-order valence-corrected chi connectivity index (χ1v) is 13.0. The molecule has 0 spiro atoms. The van der Waals surface area contributed by atoms with Crippen LogP contribution >= 0.6 is 11.3 Å². The summed E-state index contributed by atoms with van der Waals surface area (Å²) in [5.74, 6) is 0.812. The van der Waals surface area contributed by atoms with E-state index in [1.807, 2.05) is 41.4 Å². The normalized spacial score (nSPS) is 17.5. The molecule has 34 heavy (non-hydrogen) atoms. The predicted molar refractivity (Wildman–Crippen MR) is 138 cm³/mol. The van der Waals surface area contributed by atoms with Gasteiger partial charge >= 0.3 is 0 Å². The van der Waals surface area contributed by atoms with Gasteiger partial charge in [-0.2, -0.15) is 0 Å². The summed E-state index contributed by atoms with van der Waals surface area (Å²) in [5, 5.41) is 1.23. The number of likely N-dealkylation sites (tertiary alicyclic amines) is 2. The molecule has 4 heterocycles. The maximum Gasteiger partial charge on any atom is 0.253 e. The lowest BCUT2D eigenvalue weighted by Gasteiger charge is -2.36. The van der Waals surface area contributed by atoms with E-state index < -0.39 is 0 Å². The number of nitrogens with zero attached hydrogens (tertiary/aromatic N) is 4. The molecule has 0 radical (unpaired) electrons. The van der Waals surface area contributed by atoms with Crippen LogP contribution in [0, 0.1) is 0 Å². The summed E-state index contributed by atoms with van der Waals surface area (Å²) in [4.78, 5) is 28.2. The van der Waals surface area contributed by atoms with Gasteiger partial charge in [0.1, 0.15) is 0 Å². The lowest BCUT2D eigenvalue weighted by molar-refractivity contribution is 0.0644. The van der Waals surface area contributed by atoms with E-state index in [2.05, 4.69) is 40.2 Å². The van der Waals surface area contributed by atoms with Crippen molar-refractivity contribution in [2.45, 2.75) is 31.7 Å². The number of hydrogen-bond donors (Lipinski definition) is 0. The fourth-order valence-corrected chi connectivity index (χ4v) is 6.26. The van der Waals surface area contributed by atoms with Gasteiger partial charge in [0.25, 0.3) is 5.91 Å². The summed E-state index contributed by atoms with van der Waals surface area (Å²) in [6.07, 6.45) is 6.63. The highest BCUT2D eigenvalue weighted by Crippen LogP contribution is 2.33. The Labute approximate surface area is 204 Å². The molecule has 6 heteroatoms. The van der Waals surface area contributed by atoms with Crippen molar-refractivity contribution in [1.82, 2.24) is 19.8 Å². The lowest BCUT2D eigenvalue weighted by atomic mass is 10.0. The van der Waals surface area contributed by atoms with Crippen molar-refractivity contribution in [2.75, 3.05) is 26.2 Å². The van der Waals surface area contributed by atoms with Gasteiger partial charge in [0.2, 0.25) is 0 Å². The van der Waals surface area contributed by atoms with Crippen LogP contribution in [0.4, 0.5) is 0 Å². The number of fused-ring (bicyclic) bond motifs is 1. The van der Waals surface area contributed by atoms with Crippen molar-refractivity contribution in [2.24, 2.45) is 0 Å². The third kappa shape index (κ3) is 4.24. The Balaban J connectivity index is 1.15. The Morgan fingerprint density at radius 1 is 0.912 bits per heavy atom. The highest BCUT2D eigenvalue weighted by atomic mass is 32.1. The Kier molecular flexibility index (Phi) is 5.85. The molecular weight excluding hydrogens is 440 g/mol. The number of carbonyl (C=O) groups is 1. The molecule has 2 saturated heterocycles. The zero-order valence-electron chi connectivity index (χ0n) is 19.2. The second-order valence-corrected chi connectivity index (χ2v) is 10.3. The first-order chi connectivity index (χ1) is 16.7. The summed E-state index contributed by atoms with van der Waals surface area (Å²) in [7, 11) is 0.